The molecule has 1 heterocycles. The molecule has 0 amide bonds. The van der Waals surface area contributed by atoms with Crippen LogP contribution in [0.4, 0.5) is 0 Å². The second-order valence-corrected chi connectivity index (χ2v) is 5.88. The number of oxime groups is 1. The molecule has 0 saturated carbocycles. The highest BCUT2D eigenvalue weighted by Gasteiger charge is 2.12. The Morgan fingerprint density at radius 3 is 2.57 bits per heavy atom. The van der Waals surface area contributed by atoms with Gasteiger partial charge in [0.05, 0.1) is 11.9 Å². The fourth-order valence-electron chi connectivity index (χ4n) is 2.15. The predicted molar refractivity (Wildman–Crippen MR) is 92.4 cm³/mol. The van der Waals surface area contributed by atoms with Crippen molar-refractivity contribution < 1.29 is 9.94 Å². The Morgan fingerprint density at radius 2 is 1.87 bits per heavy atom. The number of thiazole rings is 1. The first-order chi connectivity index (χ1) is 11.3. The molecule has 3 aromatic rings. The molecule has 1 atom stereocenters. The van der Waals surface area contributed by atoms with E-state index in [0.717, 1.165) is 27.6 Å². The Bertz CT molecular complexity index is 782. The molecule has 4 nitrogen and oxygen atoms in total. The van der Waals surface area contributed by atoms with Crippen molar-refractivity contribution in [1.29, 1.82) is 0 Å². The summed E-state index contributed by atoms with van der Waals surface area (Å²) in [6, 6.07) is 17.5. The molecule has 116 valence electrons. The van der Waals surface area contributed by atoms with E-state index in [-0.39, 0.29) is 6.10 Å². The summed E-state index contributed by atoms with van der Waals surface area (Å²) in [6.45, 7) is 1.98. The number of ether oxygens (including phenoxy) is 1. The molecule has 1 N–H and O–H groups in total. The summed E-state index contributed by atoms with van der Waals surface area (Å²) in [7, 11) is 0. The van der Waals surface area contributed by atoms with Gasteiger partial charge in [-0.3, -0.25) is 0 Å². The van der Waals surface area contributed by atoms with Crippen LogP contribution >= 0.6 is 11.3 Å². The van der Waals surface area contributed by atoms with Gasteiger partial charge in [-0.25, -0.2) is 4.98 Å². The fourth-order valence-corrected chi connectivity index (χ4v) is 3.06. The third-order valence-electron chi connectivity index (χ3n) is 3.36. The van der Waals surface area contributed by atoms with Crippen molar-refractivity contribution in [3.05, 3.63) is 71.2 Å². The summed E-state index contributed by atoms with van der Waals surface area (Å²) in [5.74, 6) is 0.752. The summed E-state index contributed by atoms with van der Waals surface area (Å²) in [6.07, 6.45) is 1.24. The van der Waals surface area contributed by atoms with Crippen molar-refractivity contribution in [2.24, 2.45) is 5.16 Å². The molecule has 0 saturated heterocycles. The van der Waals surface area contributed by atoms with Crippen molar-refractivity contribution in [3.63, 3.8) is 0 Å². The molecule has 3 rings (SSSR count). The Kier molecular flexibility index (Phi) is 4.68. The number of benzene rings is 2. The monoisotopic (exact) mass is 324 g/mol. The van der Waals surface area contributed by atoms with Crippen LogP contribution in [0.5, 0.6) is 5.75 Å². The SMILES string of the molecule is CC(Oc1ccc(/C=N/O)cc1)c1csc(-c2ccccc2)n1. The summed E-state index contributed by atoms with van der Waals surface area (Å²) in [5, 5.41) is 14.5. The molecule has 0 radical (unpaired) electrons. The maximum atomic E-state index is 8.51. The molecule has 0 aliphatic carbocycles. The maximum Gasteiger partial charge on any atom is 0.139 e. The van der Waals surface area contributed by atoms with Crippen LogP contribution in [0.3, 0.4) is 0 Å². The zero-order valence-electron chi connectivity index (χ0n) is 12.6. The van der Waals surface area contributed by atoms with Crippen molar-refractivity contribution in [3.8, 4) is 16.3 Å². The highest BCUT2D eigenvalue weighted by atomic mass is 32.1. The molecule has 0 spiro atoms. The van der Waals surface area contributed by atoms with Gasteiger partial charge in [-0.15, -0.1) is 11.3 Å². The van der Waals surface area contributed by atoms with Gasteiger partial charge in [0.2, 0.25) is 0 Å². The van der Waals surface area contributed by atoms with Crippen LogP contribution in [0.25, 0.3) is 10.6 Å². The number of hydrogen-bond acceptors (Lipinski definition) is 5. The molecule has 0 aliphatic rings. The minimum atomic E-state index is -0.138. The third-order valence-corrected chi connectivity index (χ3v) is 4.27. The quantitative estimate of drug-likeness (QED) is 0.418. The average Bonchev–Trinajstić information content (AvgIpc) is 3.08. The fraction of sp³-hybridized carbons (Fsp3) is 0.111. The minimum Gasteiger partial charge on any atom is -0.484 e. The van der Waals surface area contributed by atoms with Crippen LogP contribution in [0.2, 0.25) is 0 Å². The Balaban J connectivity index is 1.71. The van der Waals surface area contributed by atoms with Crippen molar-refractivity contribution in [2.45, 2.75) is 13.0 Å². The van der Waals surface area contributed by atoms with Crippen molar-refractivity contribution in [1.82, 2.24) is 4.98 Å². The van der Waals surface area contributed by atoms with Crippen LogP contribution in [-0.2, 0) is 0 Å². The van der Waals surface area contributed by atoms with Crippen molar-refractivity contribution in [2.75, 3.05) is 0 Å². The number of nitrogens with zero attached hydrogens (tertiary/aromatic N) is 2. The summed E-state index contributed by atoms with van der Waals surface area (Å²) in [5.41, 5.74) is 2.84. The molecule has 0 aliphatic heterocycles. The van der Waals surface area contributed by atoms with Crippen LogP contribution in [0.1, 0.15) is 24.3 Å². The van der Waals surface area contributed by atoms with Gasteiger partial charge in [0.15, 0.2) is 0 Å². The van der Waals surface area contributed by atoms with Gasteiger partial charge in [0, 0.05) is 10.9 Å². The molecular weight excluding hydrogens is 308 g/mol. The van der Waals surface area contributed by atoms with Crippen LogP contribution in [-0.4, -0.2) is 16.4 Å². The zero-order chi connectivity index (χ0) is 16.1. The second-order valence-electron chi connectivity index (χ2n) is 5.02. The minimum absolute atomic E-state index is 0.138. The molecule has 1 unspecified atom stereocenters. The van der Waals surface area contributed by atoms with E-state index < -0.39 is 0 Å². The number of aromatic nitrogens is 1. The van der Waals surface area contributed by atoms with Gasteiger partial charge in [-0.05, 0) is 36.8 Å². The first-order valence-electron chi connectivity index (χ1n) is 7.21. The molecular formula is C18H16N2O2S. The lowest BCUT2D eigenvalue weighted by atomic mass is 10.2. The molecule has 5 heteroatoms. The summed E-state index contributed by atoms with van der Waals surface area (Å²) in [4.78, 5) is 4.66. The van der Waals surface area contributed by atoms with E-state index in [2.05, 4.69) is 22.3 Å². The second kappa shape index (κ2) is 7.07. The van der Waals surface area contributed by atoms with Crippen LogP contribution < -0.4 is 4.74 Å². The Morgan fingerprint density at radius 1 is 1.13 bits per heavy atom. The molecule has 0 bridgehead atoms. The number of hydrogen-bond donors (Lipinski definition) is 1. The topological polar surface area (TPSA) is 54.7 Å². The van der Waals surface area contributed by atoms with E-state index in [4.69, 9.17) is 9.94 Å². The largest absolute Gasteiger partial charge is 0.484 e. The van der Waals surface area contributed by atoms with E-state index in [0.29, 0.717) is 0 Å². The Hall–Kier alpha value is -2.66. The molecule has 2 aromatic carbocycles. The number of rotatable bonds is 5. The molecule has 23 heavy (non-hydrogen) atoms. The predicted octanol–water partition coefficient (Wildman–Crippen LogP) is 4.76. The zero-order valence-corrected chi connectivity index (χ0v) is 13.4. The standard InChI is InChI=1S/C18H16N2O2S/c1-13(22-16-9-7-14(8-10-16)11-19-21)17-12-23-18(20-17)15-5-3-2-4-6-15/h2-13,21H,1H3/b19-11+. The summed E-state index contributed by atoms with van der Waals surface area (Å²) >= 11 is 1.61. The van der Waals surface area contributed by atoms with Gasteiger partial charge in [0.1, 0.15) is 16.9 Å². The highest BCUT2D eigenvalue weighted by Crippen LogP contribution is 2.28. The Labute approximate surface area is 138 Å². The lowest BCUT2D eigenvalue weighted by Gasteiger charge is -2.12. The van der Waals surface area contributed by atoms with Crippen LogP contribution in [0, 0.1) is 0 Å². The van der Waals surface area contributed by atoms with Gasteiger partial charge < -0.3 is 9.94 Å². The summed E-state index contributed by atoms with van der Waals surface area (Å²) < 4.78 is 5.92. The maximum absolute atomic E-state index is 8.51. The normalized spacial score (nSPS) is 12.4. The lowest BCUT2D eigenvalue weighted by Crippen LogP contribution is -2.03. The highest BCUT2D eigenvalue weighted by molar-refractivity contribution is 7.13. The first-order valence-corrected chi connectivity index (χ1v) is 8.09. The van der Waals surface area contributed by atoms with E-state index in [9.17, 15) is 0 Å². The van der Waals surface area contributed by atoms with Crippen molar-refractivity contribution >= 4 is 17.6 Å². The van der Waals surface area contributed by atoms with E-state index in [1.807, 2.05) is 54.8 Å². The third kappa shape index (κ3) is 3.76. The van der Waals surface area contributed by atoms with E-state index >= 15 is 0 Å². The molecule has 0 fully saturated rings. The van der Waals surface area contributed by atoms with Gasteiger partial charge in [-0.2, -0.15) is 0 Å². The van der Waals surface area contributed by atoms with Gasteiger partial charge in [-0.1, -0.05) is 35.5 Å². The molecule has 1 aromatic heterocycles. The van der Waals surface area contributed by atoms with Gasteiger partial charge in [0.25, 0.3) is 0 Å². The lowest BCUT2D eigenvalue weighted by molar-refractivity contribution is 0.223. The van der Waals surface area contributed by atoms with E-state index in [1.165, 1.54) is 6.21 Å². The van der Waals surface area contributed by atoms with Crippen LogP contribution in [0.15, 0.2) is 65.1 Å². The van der Waals surface area contributed by atoms with E-state index in [1.54, 1.807) is 11.3 Å². The smallest absolute Gasteiger partial charge is 0.139 e. The average molecular weight is 324 g/mol. The van der Waals surface area contributed by atoms with Gasteiger partial charge >= 0.3 is 0 Å². The first kappa shape index (κ1) is 15.2.